The molecule has 0 spiro atoms. The normalized spacial score (nSPS) is 10.6. The van der Waals surface area contributed by atoms with Gasteiger partial charge in [0.25, 0.3) is 0 Å². The Labute approximate surface area is 168 Å². The van der Waals surface area contributed by atoms with Crippen LogP contribution in [0.25, 0.3) is 22.8 Å². The Hall–Kier alpha value is -3.89. The molecule has 4 aromatic rings. The van der Waals surface area contributed by atoms with Crippen molar-refractivity contribution in [2.24, 2.45) is 0 Å². The van der Waals surface area contributed by atoms with E-state index in [1.54, 1.807) is 29.2 Å². The highest BCUT2D eigenvalue weighted by Crippen LogP contribution is 2.23. The van der Waals surface area contributed by atoms with Gasteiger partial charge in [-0.25, -0.2) is 14.6 Å². The molecular formula is C22H18N6O. The number of pyridine rings is 2. The molecule has 0 aliphatic rings. The molecule has 0 atom stereocenters. The molecule has 0 saturated carbocycles. The van der Waals surface area contributed by atoms with Crippen LogP contribution < -0.4 is 0 Å². The van der Waals surface area contributed by atoms with E-state index in [1.807, 2.05) is 49.4 Å². The number of aryl methyl sites for hydroxylation is 1. The number of benzene rings is 1. The Kier molecular flexibility index (Phi) is 5.36. The van der Waals surface area contributed by atoms with Gasteiger partial charge in [0.15, 0.2) is 11.6 Å². The first-order valence-corrected chi connectivity index (χ1v) is 9.09. The van der Waals surface area contributed by atoms with Gasteiger partial charge in [-0.1, -0.05) is 30.3 Å². The molecule has 0 unspecified atom stereocenters. The van der Waals surface area contributed by atoms with E-state index in [9.17, 15) is 5.26 Å². The molecule has 0 aliphatic heterocycles. The summed E-state index contributed by atoms with van der Waals surface area (Å²) in [5.41, 5.74) is 3.91. The lowest BCUT2D eigenvalue weighted by molar-refractivity contribution is 0.0572. The first-order chi connectivity index (χ1) is 14.2. The fourth-order valence-electron chi connectivity index (χ4n) is 2.91. The van der Waals surface area contributed by atoms with Crippen LogP contribution in [0, 0.1) is 18.3 Å². The SMILES string of the molecule is Cc1cc(-c2nc(-c3ccnc(C#N)c3)n(COCc3ccccc3)n2)ccn1. The molecule has 1 aromatic carbocycles. The van der Waals surface area contributed by atoms with Gasteiger partial charge in [-0.15, -0.1) is 5.10 Å². The van der Waals surface area contributed by atoms with Crippen LogP contribution in [0.5, 0.6) is 0 Å². The number of hydrogen-bond acceptors (Lipinski definition) is 6. The molecule has 0 bridgehead atoms. The van der Waals surface area contributed by atoms with Crippen molar-refractivity contribution in [3.05, 3.63) is 83.9 Å². The molecule has 0 radical (unpaired) electrons. The first-order valence-electron chi connectivity index (χ1n) is 9.09. The van der Waals surface area contributed by atoms with Crippen molar-refractivity contribution in [2.75, 3.05) is 0 Å². The Morgan fingerprint density at radius 3 is 2.59 bits per heavy atom. The number of hydrogen-bond donors (Lipinski definition) is 0. The second-order valence-corrected chi connectivity index (χ2v) is 6.45. The predicted molar refractivity (Wildman–Crippen MR) is 107 cm³/mol. The topological polar surface area (TPSA) is 89.5 Å². The summed E-state index contributed by atoms with van der Waals surface area (Å²) in [5.74, 6) is 1.19. The molecule has 0 N–H and O–H groups in total. The fourth-order valence-corrected chi connectivity index (χ4v) is 2.91. The van der Waals surface area contributed by atoms with Crippen LogP contribution in [0.4, 0.5) is 0 Å². The lowest BCUT2D eigenvalue weighted by atomic mass is 10.2. The lowest BCUT2D eigenvalue weighted by Crippen LogP contribution is -2.07. The van der Waals surface area contributed by atoms with Crippen molar-refractivity contribution in [1.29, 1.82) is 5.26 Å². The van der Waals surface area contributed by atoms with Crippen molar-refractivity contribution in [1.82, 2.24) is 24.7 Å². The largest absolute Gasteiger partial charge is 0.354 e. The summed E-state index contributed by atoms with van der Waals surface area (Å²) < 4.78 is 7.56. The van der Waals surface area contributed by atoms with Gasteiger partial charge in [-0.2, -0.15) is 5.26 Å². The highest BCUT2D eigenvalue weighted by Gasteiger charge is 2.15. The van der Waals surface area contributed by atoms with Crippen LogP contribution in [0.2, 0.25) is 0 Å². The number of aromatic nitrogens is 5. The third-order valence-electron chi connectivity index (χ3n) is 4.28. The number of rotatable bonds is 6. The van der Waals surface area contributed by atoms with Gasteiger partial charge in [0.05, 0.1) is 6.61 Å². The van der Waals surface area contributed by atoms with Crippen LogP contribution in [-0.4, -0.2) is 24.7 Å². The molecule has 0 saturated heterocycles. The molecule has 4 rings (SSSR count). The quantitative estimate of drug-likeness (QED) is 0.504. The van der Waals surface area contributed by atoms with E-state index in [0.717, 1.165) is 22.4 Å². The third-order valence-corrected chi connectivity index (χ3v) is 4.28. The maximum atomic E-state index is 9.17. The summed E-state index contributed by atoms with van der Waals surface area (Å²) in [7, 11) is 0. The van der Waals surface area contributed by atoms with Crippen molar-refractivity contribution in [3.8, 4) is 28.8 Å². The van der Waals surface area contributed by atoms with Gasteiger partial charge in [-0.05, 0) is 36.8 Å². The maximum absolute atomic E-state index is 9.17. The fraction of sp³-hybridized carbons (Fsp3) is 0.136. The monoisotopic (exact) mass is 382 g/mol. The molecular weight excluding hydrogens is 364 g/mol. The van der Waals surface area contributed by atoms with Gasteiger partial charge in [0.1, 0.15) is 18.5 Å². The molecule has 0 aliphatic carbocycles. The summed E-state index contributed by atoms with van der Waals surface area (Å²) in [6.45, 7) is 2.61. The zero-order valence-corrected chi connectivity index (χ0v) is 15.9. The molecule has 7 nitrogen and oxygen atoms in total. The third kappa shape index (κ3) is 4.34. The second-order valence-electron chi connectivity index (χ2n) is 6.45. The van der Waals surface area contributed by atoms with Crippen LogP contribution >= 0.6 is 0 Å². The lowest BCUT2D eigenvalue weighted by Gasteiger charge is -2.07. The van der Waals surface area contributed by atoms with Gasteiger partial charge in [0.2, 0.25) is 0 Å². The highest BCUT2D eigenvalue weighted by molar-refractivity contribution is 5.62. The van der Waals surface area contributed by atoms with Gasteiger partial charge >= 0.3 is 0 Å². The van der Waals surface area contributed by atoms with E-state index in [4.69, 9.17) is 9.72 Å². The minimum atomic E-state index is 0.228. The molecule has 3 heterocycles. The molecule has 0 fully saturated rings. The summed E-state index contributed by atoms with van der Waals surface area (Å²) in [6, 6.07) is 19.3. The van der Waals surface area contributed by atoms with E-state index >= 15 is 0 Å². The Morgan fingerprint density at radius 1 is 1.00 bits per heavy atom. The van der Waals surface area contributed by atoms with Crippen LogP contribution in [0.1, 0.15) is 17.0 Å². The van der Waals surface area contributed by atoms with E-state index in [-0.39, 0.29) is 6.73 Å². The highest BCUT2D eigenvalue weighted by atomic mass is 16.5. The maximum Gasteiger partial charge on any atom is 0.181 e. The minimum absolute atomic E-state index is 0.228. The Bertz CT molecular complexity index is 1160. The summed E-state index contributed by atoms with van der Waals surface area (Å²) in [6.07, 6.45) is 3.32. The molecule has 142 valence electrons. The van der Waals surface area contributed by atoms with Gasteiger partial charge in [0, 0.05) is 29.2 Å². The number of nitriles is 1. The van der Waals surface area contributed by atoms with E-state index in [0.29, 0.717) is 23.9 Å². The van der Waals surface area contributed by atoms with E-state index in [1.165, 1.54) is 0 Å². The standard InChI is InChI=1S/C22H18N6O/c1-16-11-18(7-9-24-16)21-26-22(19-8-10-25-20(12-19)13-23)28(27-21)15-29-14-17-5-3-2-4-6-17/h2-12H,14-15H2,1H3. The van der Waals surface area contributed by atoms with Crippen molar-refractivity contribution in [3.63, 3.8) is 0 Å². The van der Waals surface area contributed by atoms with E-state index in [2.05, 4.69) is 21.1 Å². The van der Waals surface area contributed by atoms with Crippen LogP contribution in [0.3, 0.4) is 0 Å². The zero-order valence-electron chi connectivity index (χ0n) is 15.9. The number of ether oxygens (including phenoxy) is 1. The van der Waals surface area contributed by atoms with Crippen molar-refractivity contribution in [2.45, 2.75) is 20.3 Å². The average Bonchev–Trinajstić information content (AvgIpc) is 3.19. The molecule has 0 amide bonds. The van der Waals surface area contributed by atoms with Gasteiger partial charge < -0.3 is 4.74 Å². The zero-order chi connectivity index (χ0) is 20.1. The summed E-state index contributed by atoms with van der Waals surface area (Å²) in [4.78, 5) is 13.0. The van der Waals surface area contributed by atoms with Crippen LogP contribution in [-0.2, 0) is 18.1 Å². The predicted octanol–water partition coefficient (Wildman–Crippen LogP) is 3.76. The van der Waals surface area contributed by atoms with E-state index < -0.39 is 0 Å². The summed E-state index contributed by atoms with van der Waals surface area (Å²) in [5, 5.41) is 13.8. The van der Waals surface area contributed by atoms with Crippen molar-refractivity contribution < 1.29 is 4.74 Å². The van der Waals surface area contributed by atoms with Crippen molar-refractivity contribution >= 4 is 0 Å². The second kappa shape index (κ2) is 8.42. The smallest absolute Gasteiger partial charge is 0.181 e. The summed E-state index contributed by atoms with van der Waals surface area (Å²) >= 11 is 0. The Balaban J connectivity index is 1.66. The molecule has 29 heavy (non-hydrogen) atoms. The molecule has 7 heteroatoms. The minimum Gasteiger partial charge on any atom is -0.354 e. The van der Waals surface area contributed by atoms with Gasteiger partial charge in [-0.3, -0.25) is 4.98 Å². The Morgan fingerprint density at radius 2 is 1.79 bits per heavy atom. The average molecular weight is 382 g/mol. The first kappa shape index (κ1) is 18.5. The molecule has 3 aromatic heterocycles. The van der Waals surface area contributed by atoms with Crippen LogP contribution in [0.15, 0.2) is 67.0 Å². The number of nitrogens with zero attached hydrogens (tertiary/aromatic N) is 6.